The van der Waals surface area contributed by atoms with Crippen molar-refractivity contribution < 1.29 is 14.3 Å². The summed E-state index contributed by atoms with van der Waals surface area (Å²) < 4.78 is 7.84. The number of benzene rings is 1. The monoisotopic (exact) mass is 356 g/mol. The number of nitrogens with one attached hydrogen (secondary N) is 1. The molecule has 1 N–H and O–H groups in total. The van der Waals surface area contributed by atoms with E-state index in [-0.39, 0.29) is 12.5 Å². The molecular formula is C19H20N2O3S. The van der Waals surface area contributed by atoms with Crippen molar-refractivity contribution in [3.8, 4) is 0 Å². The Morgan fingerprint density at radius 3 is 2.68 bits per heavy atom. The summed E-state index contributed by atoms with van der Waals surface area (Å²) >= 11 is 1.60. The molecule has 25 heavy (non-hydrogen) atoms. The van der Waals surface area contributed by atoms with E-state index in [9.17, 15) is 9.59 Å². The quantitative estimate of drug-likeness (QED) is 0.688. The Morgan fingerprint density at radius 2 is 1.96 bits per heavy atom. The summed E-state index contributed by atoms with van der Waals surface area (Å²) in [5.41, 5.74) is 2.34. The number of fused-ring (bicyclic) bond motifs is 1. The highest BCUT2D eigenvalue weighted by atomic mass is 32.1. The van der Waals surface area contributed by atoms with E-state index in [1.165, 1.54) is 0 Å². The van der Waals surface area contributed by atoms with Crippen LogP contribution in [0.15, 0.2) is 42.5 Å². The van der Waals surface area contributed by atoms with Crippen LogP contribution >= 0.6 is 11.3 Å². The number of thiophene rings is 1. The number of amides is 1. The number of ether oxygens (including phenoxy) is 1. The van der Waals surface area contributed by atoms with E-state index in [0.29, 0.717) is 18.8 Å². The molecule has 2 heterocycles. The largest absolute Gasteiger partial charge is 0.461 e. The number of esters is 1. The van der Waals surface area contributed by atoms with Crippen LogP contribution in [-0.4, -0.2) is 23.1 Å². The smallest absolute Gasteiger partial charge is 0.355 e. The number of carbonyl (C=O) groups excluding carboxylic acids is 2. The molecule has 6 heteroatoms. The van der Waals surface area contributed by atoms with Crippen LogP contribution in [0.5, 0.6) is 0 Å². The van der Waals surface area contributed by atoms with Gasteiger partial charge in [0.25, 0.3) is 0 Å². The van der Waals surface area contributed by atoms with Gasteiger partial charge in [0.2, 0.25) is 5.91 Å². The van der Waals surface area contributed by atoms with Crippen molar-refractivity contribution in [2.75, 3.05) is 6.61 Å². The zero-order valence-electron chi connectivity index (χ0n) is 14.2. The molecule has 0 atom stereocenters. The first-order chi connectivity index (χ1) is 12.1. The average molecular weight is 356 g/mol. The lowest BCUT2D eigenvalue weighted by atomic mass is 10.2. The van der Waals surface area contributed by atoms with E-state index in [1.807, 2.05) is 43.3 Å². The highest BCUT2D eigenvalue weighted by molar-refractivity contribution is 7.19. The summed E-state index contributed by atoms with van der Waals surface area (Å²) in [4.78, 5) is 25.7. The SMILES string of the molecule is CCOC(=O)c1cc2sc(C)cc2n1CC(=O)NCc1ccccc1. The fourth-order valence-corrected chi connectivity index (χ4v) is 3.67. The molecule has 0 aliphatic rings. The third kappa shape index (κ3) is 3.91. The topological polar surface area (TPSA) is 60.3 Å². The zero-order valence-corrected chi connectivity index (χ0v) is 15.1. The lowest BCUT2D eigenvalue weighted by Crippen LogP contribution is -2.28. The molecule has 0 radical (unpaired) electrons. The zero-order chi connectivity index (χ0) is 17.8. The number of hydrogen-bond donors (Lipinski definition) is 1. The van der Waals surface area contributed by atoms with E-state index in [0.717, 1.165) is 20.7 Å². The van der Waals surface area contributed by atoms with Crippen LogP contribution in [0, 0.1) is 6.92 Å². The van der Waals surface area contributed by atoms with Gasteiger partial charge in [-0.1, -0.05) is 30.3 Å². The number of nitrogens with zero attached hydrogens (tertiary/aromatic N) is 1. The molecular weight excluding hydrogens is 336 g/mol. The highest BCUT2D eigenvalue weighted by Gasteiger charge is 2.20. The average Bonchev–Trinajstić information content (AvgIpc) is 3.11. The fraction of sp³-hybridized carbons (Fsp3) is 0.263. The Kier molecular flexibility index (Phi) is 5.19. The lowest BCUT2D eigenvalue weighted by molar-refractivity contribution is -0.121. The predicted molar refractivity (Wildman–Crippen MR) is 98.8 cm³/mol. The summed E-state index contributed by atoms with van der Waals surface area (Å²) in [6, 6.07) is 13.5. The summed E-state index contributed by atoms with van der Waals surface area (Å²) in [5.74, 6) is -0.546. The van der Waals surface area contributed by atoms with Crippen molar-refractivity contribution in [1.29, 1.82) is 0 Å². The van der Waals surface area contributed by atoms with Crippen molar-refractivity contribution in [3.05, 3.63) is 58.6 Å². The van der Waals surface area contributed by atoms with Crippen LogP contribution in [-0.2, 0) is 22.6 Å². The second-order valence-corrected chi connectivity index (χ2v) is 6.99. The van der Waals surface area contributed by atoms with E-state index in [2.05, 4.69) is 5.32 Å². The van der Waals surface area contributed by atoms with E-state index in [1.54, 1.807) is 28.9 Å². The molecule has 0 unspecified atom stereocenters. The molecule has 5 nitrogen and oxygen atoms in total. The summed E-state index contributed by atoms with van der Waals surface area (Å²) in [7, 11) is 0. The normalized spacial score (nSPS) is 10.8. The van der Waals surface area contributed by atoms with Crippen LogP contribution < -0.4 is 5.32 Å². The molecule has 1 aromatic carbocycles. The third-order valence-electron chi connectivity index (χ3n) is 3.83. The first kappa shape index (κ1) is 17.2. The van der Waals surface area contributed by atoms with E-state index in [4.69, 9.17) is 4.74 Å². The molecule has 0 saturated carbocycles. The van der Waals surface area contributed by atoms with Crippen molar-refractivity contribution >= 4 is 33.4 Å². The number of aromatic nitrogens is 1. The number of hydrogen-bond acceptors (Lipinski definition) is 4. The number of aryl methyl sites for hydroxylation is 1. The fourth-order valence-electron chi connectivity index (χ4n) is 2.71. The molecule has 0 bridgehead atoms. The molecule has 2 aromatic heterocycles. The molecule has 0 spiro atoms. The first-order valence-electron chi connectivity index (χ1n) is 8.16. The van der Waals surface area contributed by atoms with Crippen molar-refractivity contribution in [2.24, 2.45) is 0 Å². The Bertz CT molecular complexity index is 896. The summed E-state index contributed by atoms with van der Waals surface area (Å²) in [6.07, 6.45) is 0. The number of carbonyl (C=O) groups is 2. The second-order valence-electron chi connectivity index (χ2n) is 5.71. The van der Waals surface area contributed by atoms with Crippen LogP contribution in [0.25, 0.3) is 10.2 Å². The van der Waals surface area contributed by atoms with E-state index >= 15 is 0 Å². The lowest BCUT2D eigenvalue weighted by Gasteiger charge is -2.10. The van der Waals surface area contributed by atoms with Gasteiger partial charge in [-0.2, -0.15) is 0 Å². The Morgan fingerprint density at radius 1 is 1.20 bits per heavy atom. The highest BCUT2D eigenvalue weighted by Crippen LogP contribution is 2.29. The van der Waals surface area contributed by atoms with Gasteiger partial charge < -0.3 is 14.6 Å². The van der Waals surface area contributed by atoms with Crippen molar-refractivity contribution in [2.45, 2.75) is 26.9 Å². The van der Waals surface area contributed by atoms with Gasteiger partial charge in [-0.05, 0) is 31.5 Å². The molecule has 0 aliphatic heterocycles. The molecule has 3 rings (SSSR count). The Hall–Kier alpha value is -2.60. The minimum Gasteiger partial charge on any atom is -0.461 e. The van der Waals surface area contributed by atoms with Gasteiger partial charge in [0.15, 0.2) is 0 Å². The minimum atomic E-state index is -0.403. The first-order valence-corrected chi connectivity index (χ1v) is 8.97. The standard InChI is InChI=1S/C19H20N2O3S/c1-3-24-19(23)16-10-17-15(9-13(2)25-17)21(16)12-18(22)20-11-14-7-5-4-6-8-14/h4-10H,3,11-12H2,1-2H3,(H,20,22). The molecule has 0 saturated heterocycles. The van der Waals surface area contributed by atoms with Crippen LogP contribution in [0.1, 0.15) is 27.9 Å². The van der Waals surface area contributed by atoms with Gasteiger partial charge in [-0.3, -0.25) is 4.79 Å². The second kappa shape index (κ2) is 7.53. The molecule has 130 valence electrons. The van der Waals surface area contributed by atoms with Gasteiger partial charge in [0, 0.05) is 11.4 Å². The van der Waals surface area contributed by atoms with Gasteiger partial charge in [-0.25, -0.2) is 4.79 Å². The maximum Gasteiger partial charge on any atom is 0.355 e. The van der Waals surface area contributed by atoms with Crippen LogP contribution in [0.2, 0.25) is 0 Å². The summed E-state index contributed by atoms with van der Waals surface area (Å²) in [5, 5.41) is 2.90. The Labute approximate surface area is 150 Å². The van der Waals surface area contributed by atoms with Gasteiger partial charge in [0.1, 0.15) is 12.2 Å². The summed E-state index contributed by atoms with van der Waals surface area (Å²) in [6.45, 7) is 4.62. The molecule has 0 fully saturated rings. The Balaban J connectivity index is 1.79. The van der Waals surface area contributed by atoms with Crippen molar-refractivity contribution in [3.63, 3.8) is 0 Å². The minimum absolute atomic E-state index is 0.0840. The van der Waals surface area contributed by atoms with Crippen LogP contribution in [0.3, 0.4) is 0 Å². The third-order valence-corrected chi connectivity index (χ3v) is 4.82. The van der Waals surface area contributed by atoms with E-state index < -0.39 is 5.97 Å². The predicted octanol–water partition coefficient (Wildman–Crippen LogP) is 3.50. The van der Waals surface area contributed by atoms with Crippen molar-refractivity contribution in [1.82, 2.24) is 9.88 Å². The molecule has 0 aliphatic carbocycles. The molecule has 1 amide bonds. The van der Waals surface area contributed by atoms with Gasteiger partial charge >= 0.3 is 5.97 Å². The maximum atomic E-state index is 12.4. The van der Waals surface area contributed by atoms with Gasteiger partial charge in [0.05, 0.1) is 16.8 Å². The maximum absolute atomic E-state index is 12.4. The number of rotatable bonds is 6. The van der Waals surface area contributed by atoms with Crippen LogP contribution in [0.4, 0.5) is 0 Å². The molecule has 3 aromatic rings. The van der Waals surface area contributed by atoms with Gasteiger partial charge in [-0.15, -0.1) is 11.3 Å².